The Morgan fingerprint density at radius 1 is 1.44 bits per heavy atom. The van der Waals surface area contributed by atoms with Crippen LogP contribution in [-0.2, 0) is 16.2 Å². The van der Waals surface area contributed by atoms with E-state index in [2.05, 4.69) is 4.84 Å². The number of alkyl halides is 3. The summed E-state index contributed by atoms with van der Waals surface area (Å²) in [7, 11) is 0. The van der Waals surface area contributed by atoms with Gasteiger partial charge in [0.05, 0.1) is 19.3 Å². The van der Waals surface area contributed by atoms with Gasteiger partial charge in [0.2, 0.25) is 0 Å². The summed E-state index contributed by atoms with van der Waals surface area (Å²) < 4.78 is 40.2. The molecule has 0 aliphatic rings. The predicted octanol–water partition coefficient (Wildman–Crippen LogP) is 1.71. The third-order valence-electron chi connectivity index (χ3n) is 1.79. The average molecular weight is 285 g/mol. The van der Waals surface area contributed by atoms with Gasteiger partial charge in [0, 0.05) is 11.4 Å². The van der Waals surface area contributed by atoms with Crippen molar-refractivity contribution in [1.29, 1.82) is 0 Å². The molecule has 2 N–H and O–H groups in total. The van der Waals surface area contributed by atoms with Crippen LogP contribution in [0.4, 0.5) is 13.2 Å². The zero-order valence-corrected chi connectivity index (χ0v) is 10.3. The lowest BCUT2D eigenvalue weighted by Gasteiger charge is -2.13. The molecule has 1 atom stereocenters. The van der Waals surface area contributed by atoms with Crippen LogP contribution in [0, 0.1) is 0 Å². The Labute approximate surface area is 106 Å². The summed E-state index contributed by atoms with van der Waals surface area (Å²) in [5, 5.41) is 11.3. The van der Waals surface area contributed by atoms with E-state index in [9.17, 15) is 18.3 Å². The van der Waals surface area contributed by atoms with Gasteiger partial charge in [-0.2, -0.15) is 18.7 Å². The first-order valence-corrected chi connectivity index (χ1v) is 6.05. The normalized spacial score (nSPS) is 13.8. The number of hydrogen-bond acceptors (Lipinski definition) is 5. The predicted molar refractivity (Wildman–Crippen MR) is 60.0 cm³/mol. The Morgan fingerprint density at radius 2 is 2.22 bits per heavy atom. The molecule has 1 rings (SSSR count). The smallest absolute Gasteiger partial charge is 0.389 e. The molecule has 1 unspecified atom stereocenters. The minimum absolute atomic E-state index is 0.0281. The molecule has 0 fully saturated rings. The van der Waals surface area contributed by atoms with Crippen LogP contribution in [0.2, 0.25) is 0 Å². The third kappa shape index (κ3) is 7.62. The molecule has 0 aliphatic carbocycles. The molecule has 0 saturated heterocycles. The zero-order valence-electron chi connectivity index (χ0n) is 9.44. The SMILES string of the molecule is OC(CNOCC(F)(F)F)COCc1cccs1. The lowest BCUT2D eigenvalue weighted by atomic mass is 10.4. The number of hydrogen-bond donors (Lipinski definition) is 2. The van der Waals surface area contributed by atoms with Crippen LogP contribution in [0.5, 0.6) is 0 Å². The van der Waals surface area contributed by atoms with Crippen LogP contribution in [0.3, 0.4) is 0 Å². The first-order valence-electron chi connectivity index (χ1n) is 5.17. The fraction of sp³-hybridized carbons (Fsp3) is 0.600. The monoisotopic (exact) mass is 285 g/mol. The van der Waals surface area contributed by atoms with Crippen molar-refractivity contribution in [3.63, 3.8) is 0 Å². The summed E-state index contributed by atoms with van der Waals surface area (Å²) in [4.78, 5) is 5.15. The summed E-state index contributed by atoms with van der Waals surface area (Å²) in [6.07, 6.45) is -5.30. The van der Waals surface area contributed by atoms with Gasteiger partial charge in [0.25, 0.3) is 0 Å². The van der Waals surface area contributed by atoms with Gasteiger partial charge in [0.15, 0.2) is 6.61 Å². The fourth-order valence-corrected chi connectivity index (χ4v) is 1.68. The second-order valence-corrected chi connectivity index (χ2v) is 4.53. The van der Waals surface area contributed by atoms with Gasteiger partial charge < -0.3 is 9.84 Å². The van der Waals surface area contributed by atoms with Crippen LogP contribution in [-0.4, -0.2) is 37.1 Å². The molecular formula is C10H14F3NO3S. The largest absolute Gasteiger partial charge is 0.413 e. The minimum atomic E-state index is -4.38. The average Bonchev–Trinajstić information content (AvgIpc) is 2.76. The van der Waals surface area contributed by atoms with Crippen molar-refractivity contribution in [3.05, 3.63) is 22.4 Å². The molecule has 104 valence electrons. The van der Waals surface area contributed by atoms with E-state index in [1.54, 1.807) is 0 Å². The van der Waals surface area contributed by atoms with E-state index >= 15 is 0 Å². The number of hydroxylamine groups is 1. The number of thiophene rings is 1. The van der Waals surface area contributed by atoms with E-state index in [1.165, 1.54) is 11.3 Å². The molecule has 4 nitrogen and oxygen atoms in total. The van der Waals surface area contributed by atoms with E-state index < -0.39 is 18.9 Å². The number of nitrogens with one attached hydrogen (secondary N) is 1. The maximum Gasteiger partial charge on any atom is 0.413 e. The highest BCUT2D eigenvalue weighted by molar-refractivity contribution is 7.09. The summed E-state index contributed by atoms with van der Waals surface area (Å²) >= 11 is 1.53. The van der Waals surface area contributed by atoms with E-state index in [0.29, 0.717) is 6.61 Å². The van der Waals surface area contributed by atoms with Crippen molar-refractivity contribution in [1.82, 2.24) is 5.48 Å². The maximum atomic E-state index is 11.7. The summed E-state index contributed by atoms with van der Waals surface area (Å²) in [5.74, 6) is 0. The molecule has 0 aromatic carbocycles. The Hall–Kier alpha value is -0.670. The van der Waals surface area contributed by atoms with Crippen molar-refractivity contribution < 1.29 is 27.9 Å². The van der Waals surface area contributed by atoms with Gasteiger partial charge in [-0.15, -0.1) is 11.3 Å². The van der Waals surface area contributed by atoms with Gasteiger partial charge in [0.1, 0.15) is 0 Å². The lowest BCUT2D eigenvalue weighted by molar-refractivity contribution is -0.191. The highest BCUT2D eigenvalue weighted by Gasteiger charge is 2.27. The molecule has 0 bridgehead atoms. The molecule has 1 aromatic heterocycles. The van der Waals surface area contributed by atoms with Crippen molar-refractivity contribution in [2.45, 2.75) is 18.9 Å². The Balaban J connectivity index is 1.99. The quantitative estimate of drug-likeness (QED) is 0.564. The van der Waals surface area contributed by atoms with Crippen LogP contribution in [0.15, 0.2) is 17.5 Å². The first kappa shape index (κ1) is 15.4. The Kier molecular flexibility index (Phi) is 6.58. The van der Waals surface area contributed by atoms with Gasteiger partial charge in [-0.05, 0) is 11.4 Å². The van der Waals surface area contributed by atoms with Crippen molar-refractivity contribution in [2.24, 2.45) is 0 Å². The zero-order chi connectivity index (χ0) is 13.4. The molecule has 18 heavy (non-hydrogen) atoms. The maximum absolute atomic E-state index is 11.7. The minimum Gasteiger partial charge on any atom is -0.389 e. The Morgan fingerprint density at radius 3 is 2.83 bits per heavy atom. The fourth-order valence-electron chi connectivity index (χ4n) is 1.04. The number of ether oxygens (including phenoxy) is 1. The van der Waals surface area contributed by atoms with Crippen LogP contribution in [0.1, 0.15) is 4.88 Å². The van der Waals surface area contributed by atoms with Crippen LogP contribution < -0.4 is 5.48 Å². The van der Waals surface area contributed by atoms with Crippen LogP contribution >= 0.6 is 11.3 Å². The third-order valence-corrected chi connectivity index (χ3v) is 2.64. The highest BCUT2D eigenvalue weighted by atomic mass is 32.1. The molecule has 1 aromatic rings. The topological polar surface area (TPSA) is 50.7 Å². The van der Waals surface area contributed by atoms with E-state index in [-0.39, 0.29) is 13.2 Å². The van der Waals surface area contributed by atoms with E-state index in [1.807, 2.05) is 23.0 Å². The molecule has 0 radical (unpaired) electrons. The molecule has 0 aliphatic heterocycles. The van der Waals surface area contributed by atoms with Gasteiger partial charge in [-0.25, -0.2) is 0 Å². The summed E-state index contributed by atoms with van der Waals surface area (Å²) in [5.41, 5.74) is 2.04. The van der Waals surface area contributed by atoms with E-state index in [4.69, 9.17) is 4.74 Å². The molecule has 0 spiro atoms. The van der Waals surface area contributed by atoms with Crippen molar-refractivity contribution in [3.8, 4) is 0 Å². The lowest BCUT2D eigenvalue weighted by Crippen LogP contribution is -2.33. The number of aliphatic hydroxyl groups excluding tert-OH is 1. The van der Waals surface area contributed by atoms with Crippen molar-refractivity contribution in [2.75, 3.05) is 19.8 Å². The molecule has 1 heterocycles. The number of rotatable bonds is 8. The van der Waals surface area contributed by atoms with Crippen LogP contribution in [0.25, 0.3) is 0 Å². The first-order chi connectivity index (χ1) is 8.47. The molecule has 8 heteroatoms. The van der Waals surface area contributed by atoms with Gasteiger partial charge in [-0.1, -0.05) is 6.07 Å². The summed E-state index contributed by atoms with van der Waals surface area (Å²) in [6, 6.07) is 3.77. The molecule has 0 saturated carbocycles. The van der Waals surface area contributed by atoms with E-state index in [0.717, 1.165) is 4.88 Å². The molecule has 0 amide bonds. The standard InChI is InChI=1S/C10H14F3NO3S/c11-10(12,13)7-17-14-4-8(15)5-16-6-9-2-1-3-18-9/h1-3,8,14-15H,4-7H2. The number of halogens is 3. The van der Waals surface area contributed by atoms with Gasteiger partial charge in [-0.3, -0.25) is 4.84 Å². The number of aliphatic hydroxyl groups is 1. The second kappa shape index (κ2) is 7.70. The molecular weight excluding hydrogens is 271 g/mol. The summed E-state index contributed by atoms with van der Waals surface area (Å²) in [6.45, 7) is -1.12. The highest BCUT2D eigenvalue weighted by Crippen LogP contribution is 2.13. The van der Waals surface area contributed by atoms with Crippen molar-refractivity contribution >= 4 is 11.3 Å². The second-order valence-electron chi connectivity index (χ2n) is 3.50. The Bertz CT molecular complexity index is 319. The van der Waals surface area contributed by atoms with Gasteiger partial charge >= 0.3 is 6.18 Å².